The summed E-state index contributed by atoms with van der Waals surface area (Å²) in [6.07, 6.45) is 1.85. The Kier molecular flexibility index (Phi) is 6.27. The fourth-order valence-corrected chi connectivity index (χ4v) is 4.33. The van der Waals surface area contributed by atoms with E-state index in [1.54, 1.807) is 30.0 Å². The molecular weight excluding hydrogens is 436 g/mol. The number of methoxy groups -OCH3 is 1. The second kappa shape index (κ2) is 9.30. The smallest absolute Gasteiger partial charge is 0.337 e. The molecule has 0 spiro atoms. The van der Waals surface area contributed by atoms with Crippen molar-refractivity contribution in [1.82, 2.24) is 4.98 Å². The Balaban J connectivity index is 1.71. The number of nitrogens with zero attached hydrogens (tertiary/aromatic N) is 3. The molecule has 1 amide bonds. The van der Waals surface area contributed by atoms with E-state index < -0.39 is 10.9 Å². The molecule has 2 heterocycles. The number of carbonyl (C=O) groups is 2. The predicted octanol–water partition coefficient (Wildman–Crippen LogP) is 4.74. The van der Waals surface area contributed by atoms with Crippen LogP contribution in [0.2, 0.25) is 0 Å². The third kappa shape index (κ3) is 4.45. The van der Waals surface area contributed by atoms with Crippen LogP contribution in [0.25, 0.3) is 11.1 Å². The zero-order valence-corrected chi connectivity index (χ0v) is 19.0. The molecule has 9 nitrogen and oxygen atoms in total. The molecule has 1 aromatic heterocycles. The van der Waals surface area contributed by atoms with Gasteiger partial charge in [0.1, 0.15) is 12.0 Å². The lowest BCUT2D eigenvalue weighted by atomic mass is 9.89. The molecule has 2 aromatic carbocycles. The van der Waals surface area contributed by atoms with Gasteiger partial charge in [-0.2, -0.15) is 0 Å². The van der Waals surface area contributed by atoms with Crippen molar-refractivity contribution in [3.05, 3.63) is 82.0 Å². The molecule has 2 atom stereocenters. The number of hydrogen-bond donors (Lipinski definition) is 1. The van der Waals surface area contributed by atoms with Crippen LogP contribution in [0, 0.1) is 10.1 Å². The van der Waals surface area contributed by atoms with E-state index in [0.29, 0.717) is 17.8 Å². The summed E-state index contributed by atoms with van der Waals surface area (Å²) in [4.78, 5) is 40.6. The van der Waals surface area contributed by atoms with Crippen LogP contribution >= 0.6 is 0 Å². The Morgan fingerprint density at radius 3 is 2.41 bits per heavy atom. The van der Waals surface area contributed by atoms with Gasteiger partial charge in [0, 0.05) is 24.7 Å². The van der Waals surface area contributed by atoms with E-state index in [1.165, 1.54) is 19.4 Å². The van der Waals surface area contributed by atoms with Gasteiger partial charge in [-0.1, -0.05) is 18.2 Å². The maximum Gasteiger partial charge on any atom is 0.337 e. The van der Waals surface area contributed by atoms with Gasteiger partial charge in [0.05, 0.1) is 23.6 Å². The van der Waals surface area contributed by atoms with E-state index in [4.69, 9.17) is 4.74 Å². The number of pyridine rings is 1. The topological polar surface area (TPSA) is 115 Å². The average Bonchev–Trinajstić information content (AvgIpc) is 2.83. The van der Waals surface area contributed by atoms with Gasteiger partial charge >= 0.3 is 5.97 Å². The molecule has 3 aromatic rings. The number of amides is 1. The molecule has 4 rings (SSSR count). The van der Waals surface area contributed by atoms with Gasteiger partial charge in [0.25, 0.3) is 5.69 Å². The Labute approximate surface area is 196 Å². The summed E-state index contributed by atoms with van der Waals surface area (Å²) in [5, 5.41) is 14.3. The SMILES string of the molecule is COC(=O)c1ccc(-c2ccc3c(c2)[C@H](Nc2ccc([N+](=O)[O-])cn2)C[C@H](C)N3C(C)=O)cc1. The average molecular weight is 460 g/mol. The minimum Gasteiger partial charge on any atom is -0.465 e. The zero-order valence-electron chi connectivity index (χ0n) is 19.0. The number of fused-ring (bicyclic) bond motifs is 1. The molecule has 0 fully saturated rings. The number of nitro groups is 1. The highest BCUT2D eigenvalue weighted by atomic mass is 16.6. The van der Waals surface area contributed by atoms with Crippen molar-refractivity contribution in [1.29, 1.82) is 0 Å². The van der Waals surface area contributed by atoms with E-state index in [2.05, 4.69) is 10.3 Å². The van der Waals surface area contributed by atoms with Crippen molar-refractivity contribution < 1.29 is 19.2 Å². The Morgan fingerprint density at radius 1 is 1.12 bits per heavy atom. The van der Waals surface area contributed by atoms with Gasteiger partial charge in [-0.25, -0.2) is 9.78 Å². The first-order valence-electron chi connectivity index (χ1n) is 10.8. The Hall–Kier alpha value is -4.27. The first-order valence-corrected chi connectivity index (χ1v) is 10.8. The number of hydrogen-bond acceptors (Lipinski definition) is 7. The molecule has 174 valence electrons. The maximum atomic E-state index is 12.4. The molecule has 0 saturated heterocycles. The van der Waals surface area contributed by atoms with Gasteiger partial charge in [-0.3, -0.25) is 14.9 Å². The number of benzene rings is 2. The molecule has 0 unspecified atom stereocenters. The van der Waals surface area contributed by atoms with Crippen LogP contribution < -0.4 is 10.2 Å². The molecular formula is C25H24N4O5. The van der Waals surface area contributed by atoms with Crippen molar-refractivity contribution in [3.63, 3.8) is 0 Å². The fraction of sp³-hybridized carbons (Fsp3) is 0.240. The molecule has 0 saturated carbocycles. The van der Waals surface area contributed by atoms with E-state index in [0.717, 1.165) is 22.4 Å². The minimum atomic E-state index is -0.489. The Bertz CT molecular complexity index is 1240. The summed E-state index contributed by atoms with van der Waals surface area (Å²) in [5.74, 6) is 0.0663. The van der Waals surface area contributed by atoms with Crippen LogP contribution in [0.1, 0.15) is 42.2 Å². The number of anilines is 2. The van der Waals surface area contributed by atoms with E-state index in [-0.39, 0.29) is 23.7 Å². The molecule has 0 radical (unpaired) electrons. The summed E-state index contributed by atoms with van der Waals surface area (Å²) in [6.45, 7) is 3.53. The first kappa shape index (κ1) is 22.9. The molecule has 0 aliphatic carbocycles. The number of rotatable bonds is 5. The second-order valence-corrected chi connectivity index (χ2v) is 8.17. The van der Waals surface area contributed by atoms with Crippen LogP contribution in [0.3, 0.4) is 0 Å². The lowest BCUT2D eigenvalue weighted by Crippen LogP contribution is -2.43. The molecule has 1 aliphatic heterocycles. The summed E-state index contributed by atoms with van der Waals surface area (Å²) in [6, 6.07) is 15.8. The second-order valence-electron chi connectivity index (χ2n) is 8.17. The first-order chi connectivity index (χ1) is 16.3. The maximum absolute atomic E-state index is 12.4. The van der Waals surface area contributed by atoms with Gasteiger partial charge in [0.2, 0.25) is 5.91 Å². The molecule has 9 heteroatoms. The van der Waals surface area contributed by atoms with Crippen LogP contribution in [-0.4, -0.2) is 34.9 Å². The van der Waals surface area contributed by atoms with Crippen LogP contribution in [0.4, 0.5) is 17.2 Å². The summed E-state index contributed by atoms with van der Waals surface area (Å²) in [7, 11) is 1.34. The third-order valence-corrected chi connectivity index (χ3v) is 5.94. The highest BCUT2D eigenvalue weighted by molar-refractivity contribution is 5.94. The van der Waals surface area contributed by atoms with Crippen LogP contribution in [0.5, 0.6) is 0 Å². The zero-order chi connectivity index (χ0) is 24.4. The number of carbonyl (C=O) groups excluding carboxylic acids is 2. The monoisotopic (exact) mass is 460 g/mol. The number of esters is 1. The minimum absolute atomic E-state index is 0.0455. The van der Waals surface area contributed by atoms with Crippen molar-refractivity contribution >= 4 is 29.1 Å². The largest absolute Gasteiger partial charge is 0.465 e. The third-order valence-electron chi connectivity index (χ3n) is 5.94. The lowest BCUT2D eigenvalue weighted by Gasteiger charge is -2.39. The van der Waals surface area contributed by atoms with Crippen molar-refractivity contribution in [2.24, 2.45) is 0 Å². The van der Waals surface area contributed by atoms with Gasteiger partial charge in [-0.15, -0.1) is 0 Å². The van der Waals surface area contributed by atoms with Crippen molar-refractivity contribution in [2.75, 3.05) is 17.3 Å². The predicted molar refractivity (Wildman–Crippen MR) is 128 cm³/mol. The standard InChI is InChI=1S/C25H24N4O5/c1-15-12-22(27-24-11-9-20(14-26-24)29(32)33)21-13-19(8-10-23(21)28(15)16(2)30)17-4-6-18(7-5-17)25(31)34-3/h4-11,13-15,22H,12H2,1-3H3,(H,26,27)/t15-,22+/m0/s1. The number of ether oxygens (including phenoxy) is 1. The van der Waals surface area contributed by atoms with Crippen LogP contribution in [-0.2, 0) is 9.53 Å². The molecule has 1 aliphatic rings. The number of nitrogens with one attached hydrogen (secondary N) is 1. The van der Waals surface area contributed by atoms with E-state index in [1.807, 2.05) is 37.3 Å². The van der Waals surface area contributed by atoms with E-state index in [9.17, 15) is 19.7 Å². The highest BCUT2D eigenvalue weighted by Crippen LogP contribution is 2.41. The van der Waals surface area contributed by atoms with Gasteiger partial charge in [0.15, 0.2) is 0 Å². The molecule has 34 heavy (non-hydrogen) atoms. The highest BCUT2D eigenvalue weighted by Gasteiger charge is 2.33. The normalized spacial score (nSPS) is 17.0. The van der Waals surface area contributed by atoms with Gasteiger partial charge < -0.3 is 15.0 Å². The fourth-order valence-electron chi connectivity index (χ4n) is 4.33. The van der Waals surface area contributed by atoms with Gasteiger partial charge in [-0.05, 0) is 60.4 Å². The summed E-state index contributed by atoms with van der Waals surface area (Å²) in [5.41, 5.74) is 3.95. The van der Waals surface area contributed by atoms with Crippen molar-refractivity contribution in [2.45, 2.75) is 32.4 Å². The lowest BCUT2D eigenvalue weighted by molar-refractivity contribution is -0.385. The molecule has 1 N–H and O–H groups in total. The Morgan fingerprint density at radius 2 is 1.82 bits per heavy atom. The van der Waals surface area contributed by atoms with Crippen LogP contribution in [0.15, 0.2) is 60.8 Å². The summed E-state index contributed by atoms with van der Waals surface area (Å²) >= 11 is 0. The van der Waals surface area contributed by atoms with Crippen molar-refractivity contribution in [3.8, 4) is 11.1 Å². The molecule has 0 bridgehead atoms. The van der Waals surface area contributed by atoms with E-state index >= 15 is 0 Å². The summed E-state index contributed by atoms with van der Waals surface area (Å²) < 4.78 is 4.76. The number of aromatic nitrogens is 1. The quantitative estimate of drug-likeness (QED) is 0.332.